The highest BCUT2D eigenvalue weighted by Crippen LogP contribution is 2.45. The van der Waals surface area contributed by atoms with Crippen LogP contribution >= 0.6 is 11.6 Å². The maximum Gasteiger partial charge on any atom is 0.393 e. The van der Waals surface area contributed by atoms with E-state index in [1.807, 2.05) is 13.8 Å². The Hall–Kier alpha value is -6.53. The summed E-state index contributed by atoms with van der Waals surface area (Å²) < 4.78 is 90.3. The monoisotopic (exact) mass is 1560 g/mol. The highest BCUT2D eigenvalue weighted by Gasteiger charge is 2.53. The number of alkyl halides is 7. The summed E-state index contributed by atoms with van der Waals surface area (Å²) in [5.74, 6) is -14.0. The minimum atomic E-state index is -4.55. The summed E-state index contributed by atoms with van der Waals surface area (Å²) in [6.45, 7) is 5.87. The molecule has 0 aromatic rings. The maximum absolute atomic E-state index is 15.7. The van der Waals surface area contributed by atoms with Crippen molar-refractivity contribution in [1.82, 2.24) is 60.0 Å². The number of halogens is 7. The summed E-state index contributed by atoms with van der Waals surface area (Å²) in [6, 6.07) is -9.25. The molecule has 8 aliphatic rings. The lowest BCUT2D eigenvalue weighted by Crippen LogP contribution is -2.65. The molecule has 3 N–H and O–H groups in total. The van der Waals surface area contributed by atoms with Crippen LogP contribution in [0.25, 0.3) is 0 Å². The lowest BCUT2D eigenvalue weighted by molar-refractivity contribution is -0.184. The first-order valence-electron chi connectivity index (χ1n) is 39.5. The Kier molecular flexibility index (Phi) is 30.7. The number of likely N-dealkylation sites (N-methyl/N-ethyl adjacent to an activating group) is 6. The molecule has 1 spiro atoms. The largest absolute Gasteiger partial charge is 0.393 e. The lowest BCUT2D eigenvalue weighted by Gasteiger charge is -2.42. The third-order valence-electron chi connectivity index (χ3n) is 25.0. The average molecular weight is 1560 g/mol. The molecule has 108 heavy (non-hydrogen) atoms. The van der Waals surface area contributed by atoms with E-state index in [2.05, 4.69) is 16.0 Å². The van der Waals surface area contributed by atoms with Crippen molar-refractivity contribution in [3.8, 4) is 0 Å². The third-order valence-corrected chi connectivity index (χ3v) is 25.4. The molecule has 0 radical (unpaired) electrons. The van der Waals surface area contributed by atoms with Gasteiger partial charge in [0.05, 0.1) is 51.1 Å². The van der Waals surface area contributed by atoms with E-state index in [0.717, 1.165) is 21.1 Å². The van der Waals surface area contributed by atoms with Crippen LogP contribution in [0.15, 0.2) is 0 Å². The van der Waals surface area contributed by atoms with Gasteiger partial charge in [-0.05, 0) is 158 Å². The highest BCUT2D eigenvalue weighted by atomic mass is 35.5. The van der Waals surface area contributed by atoms with Crippen LogP contribution in [0.1, 0.15) is 195 Å². The molecule has 3 unspecified atom stereocenters. The number of rotatable bonds is 13. The molecule has 5 saturated carbocycles. The molecule has 0 aromatic heterocycles. The molecule has 11 atom stereocenters. The van der Waals surface area contributed by atoms with E-state index in [4.69, 9.17) is 16.3 Å². The SMILES string of the molecule is CC[C@H](C)[C@@H]1NC(=O)[C@H](CC(C)C)N(C)C(=O)C[C@@H](C(=O)N2CCOCC2)N(C)C(=O)[C@H](C2CCCC2)N(C)C(=O)C2(CCCC2)NC(=O)[C@@H]2CCCN2C(=O)[C@H](CCC2CCC(C(F)(F)F)C(Cl)C2)NC(=O)CN(C)C(=O)[C@H](CC2CCC(C(F)(F)F)CC2)N(CC2CCC2)C(=O)CN(C)C(=O)CN(C)C1=O. The fourth-order valence-electron chi connectivity index (χ4n) is 17.7. The van der Waals surface area contributed by atoms with Gasteiger partial charge in [0, 0.05) is 73.8 Å². The number of carbonyl (C=O) groups excluding carboxylic acids is 12. The summed E-state index contributed by atoms with van der Waals surface area (Å²) in [6.07, 6.45) is -3.67. The molecule has 3 heterocycles. The van der Waals surface area contributed by atoms with Gasteiger partial charge in [0.2, 0.25) is 70.9 Å². The van der Waals surface area contributed by atoms with Crippen molar-refractivity contribution in [2.24, 2.45) is 47.3 Å². The van der Waals surface area contributed by atoms with Gasteiger partial charge in [0.1, 0.15) is 47.8 Å². The van der Waals surface area contributed by atoms with Gasteiger partial charge in [-0.2, -0.15) is 26.3 Å². The van der Waals surface area contributed by atoms with Gasteiger partial charge in [-0.15, -0.1) is 11.6 Å². The molecule has 0 aromatic carbocycles. The zero-order valence-electron chi connectivity index (χ0n) is 65.0. The Labute approximate surface area is 637 Å². The van der Waals surface area contributed by atoms with Gasteiger partial charge >= 0.3 is 12.4 Å². The van der Waals surface area contributed by atoms with Crippen LogP contribution in [0.4, 0.5) is 26.3 Å². The molecule has 8 fully saturated rings. The van der Waals surface area contributed by atoms with Gasteiger partial charge in [0.15, 0.2) is 0 Å². The van der Waals surface area contributed by atoms with Crippen molar-refractivity contribution in [1.29, 1.82) is 0 Å². The molecule has 25 nitrogen and oxygen atoms in total. The molecule has 3 aliphatic heterocycles. The number of ether oxygens (including phenoxy) is 1. The summed E-state index contributed by atoms with van der Waals surface area (Å²) in [5.41, 5.74) is -1.61. The number of nitrogens with zero attached hydrogens (tertiary/aromatic N) is 9. The van der Waals surface area contributed by atoms with Crippen molar-refractivity contribution in [3.63, 3.8) is 0 Å². The molecule has 5 aliphatic carbocycles. The predicted octanol–water partition coefficient (Wildman–Crippen LogP) is 6.90. The van der Waals surface area contributed by atoms with Crippen LogP contribution in [-0.4, -0.2) is 282 Å². The van der Waals surface area contributed by atoms with Crippen LogP contribution in [0.3, 0.4) is 0 Å². The summed E-state index contributed by atoms with van der Waals surface area (Å²) in [7, 11) is 8.30. The quantitative estimate of drug-likeness (QED) is 0.125. The van der Waals surface area contributed by atoms with Gasteiger partial charge in [-0.3, -0.25) is 57.5 Å². The standard InChI is InChI=1S/C76H119ClF6N12O13/c1-11-47(4)64-71(105)89(7)44-62(98)87(5)45-63(99)95(42-50-18-16-19-50)59(40-49-23-27-52(28-24-49)75(78,79)80)69(103)88(6)43-60(96)84-55(30-26-48-25-29-53(54(77)39-48)76(81,82)83)68(102)94-33-17-22-56(94)67(101)86-74(31-14-15-32-74)73(107)92(10)65(51-20-12-13-21-51)72(106)91(9)58(70(104)93-34-36-108-37-35-93)41-61(97)90(8)57(38-46(2)3)66(100)85-64/h46-59,64-65H,11-45H2,1-10H3,(H,84,96)(H,85,100)(H,86,101)/t47-,48?,49?,52?,53?,54?,55-,56-,57-,58-,59-,64-,65-/m0/s1. The second kappa shape index (κ2) is 38.1. The number of carbonyl (C=O) groups is 12. The Morgan fingerprint density at radius 2 is 1.21 bits per heavy atom. The topological polar surface area (TPSA) is 279 Å². The molecule has 12 amide bonds. The van der Waals surface area contributed by atoms with E-state index >= 15 is 38.4 Å². The van der Waals surface area contributed by atoms with E-state index in [1.54, 1.807) is 13.8 Å². The van der Waals surface area contributed by atoms with Crippen molar-refractivity contribution in [2.75, 3.05) is 101 Å². The van der Waals surface area contributed by atoms with Crippen LogP contribution < -0.4 is 16.0 Å². The van der Waals surface area contributed by atoms with Gasteiger partial charge < -0.3 is 64.8 Å². The van der Waals surface area contributed by atoms with Crippen LogP contribution in [0, 0.1) is 47.3 Å². The van der Waals surface area contributed by atoms with E-state index in [-0.39, 0.29) is 141 Å². The normalized spacial score (nSPS) is 30.8. The van der Waals surface area contributed by atoms with Crippen molar-refractivity contribution in [2.45, 2.75) is 260 Å². The Balaban J connectivity index is 1.18. The first kappa shape index (κ1) is 87.1. The Bertz CT molecular complexity index is 3180. The van der Waals surface area contributed by atoms with Crippen molar-refractivity contribution in [3.05, 3.63) is 0 Å². The summed E-state index contributed by atoms with van der Waals surface area (Å²) >= 11 is 6.42. The fraction of sp³-hybridized carbons (Fsp3) is 0.842. The minimum Gasteiger partial charge on any atom is -0.378 e. The third kappa shape index (κ3) is 21.8. The number of amides is 12. The molecule has 3 saturated heterocycles. The van der Waals surface area contributed by atoms with Gasteiger partial charge in [-0.25, -0.2) is 0 Å². The number of fused-ring (bicyclic) bond motifs is 1. The molecular formula is C76H119ClF6N12O13. The molecular weight excluding hydrogens is 1440 g/mol. The van der Waals surface area contributed by atoms with Gasteiger partial charge in [0.25, 0.3) is 0 Å². The first-order valence-corrected chi connectivity index (χ1v) is 40.0. The van der Waals surface area contributed by atoms with Gasteiger partial charge in [-0.1, -0.05) is 66.2 Å². The Morgan fingerprint density at radius 3 is 1.80 bits per heavy atom. The number of hydrogen-bond donors (Lipinski definition) is 3. The number of morpholine rings is 1. The predicted molar refractivity (Wildman–Crippen MR) is 388 cm³/mol. The van der Waals surface area contributed by atoms with E-state index in [9.17, 15) is 45.5 Å². The molecule has 8 rings (SSSR count). The fourth-order valence-corrected chi connectivity index (χ4v) is 18.2. The van der Waals surface area contributed by atoms with E-state index in [0.29, 0.717) is 64.2 Å². The first-order chi connectivity index (χ1) is 50.8. The van der Waals surface area contributed by atoms with Crippen LogP contribution in [0.5, 0.6) is 0 Å². The summed E-state index contributed by atoms with van der Waals surface area (Å²) in [5, 5.41) is 7.47. The zero-order chi connectivity index (χ0) is 79.4. The van der Waals surface area contributed by atoms with Crippen LogP contribution in [-0.2, 0) is 62.3 Å². The van der Waals surface area contributed by atoms with E-state index < -0.39 is 198 Å². The highest BCUT2D eigenvalue weighted by molar-refractivity contribution is 6.21. The maximum atomic E-state index is 15.7. The second-order valence-corrected chi connectivity index (χ2v) is 33.6. The van der Waals surface area contributed by atoms with E-state index in [1.165, 1.54) is 71.7 Å². The average Bonchev–Trinajstić information content (AvgIpc) is 1.52. The Morgan fingerprint density at radius 1 is 0.593 bits per heavy atom. The second-order valence-electron chi connectivity index (χ2n) is 33.0. The molecule has 0 bridgehead atoms. The van der Waals surface area contributed by atoms with Crippen molar-refractivity contribution < 1.29 is 88.6 Å². The smallest absolute Gasteiger partial charge is 0.378 e. The number of hydrogen-bond acceptors (Lipinski definition) is 13. The molecule has 610 valence electrons. The van der Waals surface area contributed by atoms with Crippen molar-refractivity contribution >= 4 is 82.5 Å². The minimum absolute atomic E-state index is 0.00745. The molecule has 32 heteroatoms. The number of nitrogens with one attached hydrogen (secondary N) is 3. The van der Waals surface area contributed by atoms with Crippen LogP contribution in [0.2, 0.25) is 0 Å². The summed E-state index contributed by atoms with van der Waals surface area (Å²) in [4.78, 5) is 193. The zero-order valence-corrected chi connectivity index (χ0v) is 65.7. The lowest BCUT2D eigenvalue weighted by atomic mass is 9.78.